The SMILES string of the molecule is CCCn1ncc(OC)c1C(NC)c1ccc(Cl)s1. The van der Waals surface area contributed by atoms with Crippen LogP contribution in [0, 0.1) is 0 Å². The Morgan fingerprint density at radius 3 is 2.84 bits per heavy atom. The van der Waals surface area contributed by atoms with E-state index >= 15 is 0 Å². The predicted octanol–water partition coefficient (Wildman–Crippen LogP) is 3.33. The molecule has 0 saturated carbocycles. The molecule has 2 rings (SSSR count). The average Bonchev–Trinajstić information content (AvgIpc) is 2.99. The summed E-state index contributed by atoms with van der Waals surface area (Å²) in [6.45, 7) is 3.00. The topological polar surface area (TPSA) is 39.1 Å². The molecule has 0 aromatic carbocycles. The van der Waals surface area contributed by atoms with Gasteiger partial charge in [-0.15, -0.1) is 11.3 Å². The van der Waals surface area contributed by atoms with E-state index in [0.29, 0.717) is 0 Å². The lowest BCUT2D eigenvalue weighted by Gasteiger charge is -2.18. The Bertz CT molecular complexity index is 538. The first-order chi connectivity index (χ1) is 9.21. The fourth-order valence-electron chi connectivity index (χ4n) is 2.11. The number of ether oxygens (including phenoxy) is 1. The third kappa shape index (κ3) is 2.94. The van der Waals surface area contributed by atoms with E-state index in [0.717, 1.165) is 33.6 Å². The minimum atomic E-state index is 0.0431. The van der Waals surface area contributed by atoms with Crippen LogP contribution in [0.1, 0.15) is 30.0 Å². The van der Waals surface area contributed by atoms with Crippen molar-refractivity contribution >= 4 is 22.9 Å². The summed E-state index contributed by atoms with van der Waals surface area (Å²) < 4.78 is 8.21. The smallest absolute Gasteiger partial charge is 0.161 e. The maximum absolute atomic E-state index is 6.03. The molecule has 0 aliphatic heterocycles. The molecule has 2 heterocycles. The Balaban J connectivity index is 2.44. The van der Waals surface area contributed by atoms with E-state index in [2.05, 4.69) is 17.3 Å². The molecule has 1 atom stereocenters. The van der Waals surface area contributed by atoms with Crippen molar-refractivity contribution in [2.45, 2.75) is 25.9 Å². The maximum Gasteiger partial charge on any atom is 0.161 e. The van der Waals surface area contributed by atoms with Gasteiger partial charge >= 0.3 is 0 Å². The zero-order valence-electron chi connectivity index (χ0n) is 11.3. The van der Waals surface area contributed by atoms with Crippen molar-refractivity contribution in [1.82, 2.24) is 15.1 Å². The highest BCUT2D eigenvalue weighted by Crippen LogP contribution is 2.35. The van der Waals surface area contributed by atoms with Gasteiger partial charge < -0.3 is 10.1 Å². The fraction of sp³-hybridized carbons (Fsp3) is 0.462. The highest BCUT2D eigenvalue weighted by atomic mass is 35.5. The molecular formula is C13H18ClN3OS. The molecule has 104 valence electrons. The second-order valence-electron chi connectivity index (χ2n) is 4.18. The lowest BCUT2D eigenvalue weighted by Crippen LogP contribution is -2.21. The Labute approximate surface area is 122 Å². The van der Waals surface area contributed by atoms with Crippen molar-refractivity contribution in [3.8, 4) is 5.75 Å². The molecule has 1 N–H and O–H groups in total. The van der Waals surface area contributed by atoms with Crippen molar-refractivity contribution < 1.29 is 4.74 Å². The second-order valence-corrected chi connectivity index (χ2v) is 5.93. The quantitative estimate of drug-likeness (QED) is 0.889. The van der Waals surface area contributed by atoms with E-state index in [4.69, 9.17) is 16.3 Å². The van der Waals surface area contributed by atoms with Crippen LogP contribution in [0.2, 0.25) is 4.34 Å². The number of nitrogens with zero attached hydrogens (tertiary/aromatic N) is 2. The monoisotopic (exact) mass is 299 g/mol. The van der Waals surface area contributed by atoms with Gasteiger partial charge in [-0.2, -0.15) is 5.10 Å². The van der Waals surface area contributed by atoms with E-state index in [-0.39, 0.29) is 6.04 Å². The van der Waals surface area contributed by atoms with E-state index in [1.807, 2.05) is 23.9 Å². The standard InChI is InChI=1S/C13H18ClN3OS/c1-4-7-17-13(9(18-3)8-16-17)12(15-2)10-5-6-11(14)19-10/h5-6,8,12,15H,4,7H2,1-3H3. The number of hydrogen-bond acceptors (Lipinski definition) is 4. The fourth-order valence-corrected chi connectivity index (χ4v) is 3.29. The van der Waals surface area contributed by atoms with Gasteiger partial charge in [-0.1, -0.05) is 18.5 Å². The number of methoxy groups -OCH3 is 1. The molecule has 0 aliphatic rings. The summed E-state index contributed by atoms with van der Waals surface area (Å²) in [5.41, 5.74) is 1.05. The largest absolute Gasteiger partial charge is 0.493 e. The third-order valence-corrected chi connectivity index (χ3v) is 4.24. The highest BCUT2D eigenvalue weighted by molar-refractivity contribution is 7.16. The molecule has 0 saturated heterocycles. The molecule has 2 aromatic rings. The minimum absolute atomic E-state index is 0.0431. The van der Waals surface area contributed by atoms with Crippen molar-refractivity contribution in [1.29, 1.82) is 0 Å². The summed E-state index contributed by atoms with van der Waals surface area (Å²) in [6, 6.07) is 4.00. The predicted molar refractivity (Wildman–Crippen MR) is 79.3 cm³/mol. The number of halogens is 1. The second kappa shape index (κ2) is 6.41. The van der Waals surface area contributed by atoms with Gasteiger partial charge in [-0.3, -0.25) is 4.68 Å². The molecule has 4 nitrogen and oxygen atoms in total. The van der Waals surface area contributed by atoms with Gasteiger partial charge in [0.2, 0.25) is 0 Å². The number of hydrogen-bond donors (Lipinski definition) is 1. The van der Waals surface area contributed by atoms with Gasteiger partial charge in [-0.25, -0.2) is 0 Å². The van der Waals surface area contributed by atoms with Crippen molar-refractivity contribution in [3.63, 3.8) is 0 Å². The first-order valence-corrected chi connectivity index (χ1v) is 7.42. The van der Waals surface area contributed by atoms with E-state index in [9.17, 15) is 0 Å². The van der Waals surface area contributed by atoms with Crippen molar-refractivity contribution in [2.24, 2.45) is 0 Å². The van der Waals surface area contributed by atoms with Crippen molar-refractivity contribution in [2.75, 3.05) is 14.2 Å². The van der Waals surface area contributed by atoms with Crippen LogP contribution in [0.15, 0.2) is 18.3 Å². The zero-order valence-corrected chi connectivity index (χ0v) is 12.9. The van der Waals surface area contributed by atoms with E-state index in [1.54, 1.807) is 24.6 Å². The summed E-state index contributed by atoms with van der Waals surface area (Å²) in [6.07, 6.45) is 2.80. The molecule has 0 radical (unpaired) electrons. The van der Waals surface area contributed by atoms with Crippen LogP contribution in [-0.2, 0) is 6.54 Å². The van der Waals surface area contributed by atoms with E-state index < -0.39 is 0 Å². The molecule has 0 aliphatic carbocycles. The van der Waals surface area contributed by atoms with Crippen LogP contribution >= 0.6 is 22.9 Å². The minimum Gasteiger partial charge on any atom is -0.493 e. The van der Waals surface area contributed by atoms with Crippen LogP contribution in [0.25, 0.3) is 0 Å². The number of nitrogens with one attached hydrogen (secondary N) is 1. The number of thiophene rings is 1. The first kappa shape index (κ1) is 14.4. The van der Waals surface area contributed by atoms with Gasteiger partial charge in [0, 0.05) is 11.4 Å². The zero-order chi connectivity index (χ0) is 13.8. The third-order valence-electron chi connectivity index (χ3n) is 2.94. The molecule has 1 unspecified atom stereocenters. The van der Waals surface area contributed by atoms with Crippen LogP contribution in [0.4, 0.5) is 0 Å². The van der Waals surface area contributed by atoms with Crippen LogP contribution in [0.3, 0.4) is 0 Å². The molecule has 0 spiro atoms. The summed E-state index contributed by atoms with van der Waals surface area (Å²) in [5.74, 6) is 0.803. The van der Waals surface area contributed by atoms with Crippen molar-refractivity contribution in [3.05, 3.63) is 33.2 Å². The first-order valence-electron chi connectivity index (χ1n) is 6.23. The number of rotatable bonds is 6. The summed E-state index contributed by atoms with van der Waals surface area (Å²) >= 11 is 7.61. The van der Waals surface area contributed by atoms with Gasteiger partial charge in [0.05, 0.1) is 23.7 Å². The maximum atomic E-state index is 6.03. The highest BCUT2D eigenvalue weighted by Gasteiger charge is 2.23. The number of aromatic nitrogens is 2. The molecule has 19 heavy (non-hydrogen) atoms. The van der Waals surface area contributed by atoms with Crippen LogP contribution < -0.4 is 10.1 Å². The molecule has 0 amide bonds. The summed E-state index contributed by atoms with van der Waals surface area (Å²) in [4.78, 5) is 1.16. The Hall–Kier alpha value is -1.04. The average molecular weight is 300 g/mol. The Morgan fingerprint density at radius 1 is 1.53 bits per heavy atom. The lowest BCUT2D eigenvalue weighted by molar-refractivity contribution is 0.400. The Morgan fingerprint density at radius 2 is 2.32 bits per heavy atom. The molecular weight excluding hydrogens is 282 g/mol. The van der Waals surface area contributed by atoms with Crippen LogP contribution in [-0.4, -0.2) is 23.9 Å². The normalized spacial score (nSPS) is 12.6. The van der Waals surface area contributed by atoms with Gasteiger partial charge in [-0.05, 0) is 25.6 Å². The summed E-state index contributed by atoms with van der Waals surface area (Å²) in [7, 11) is 3.60. The summed E-state index contributed by atoms with van der Waals surface area (Å²) in [5, 5.41) is 7.72. The lowest BCUT2D eigenvalue weighted by atomic mass is 10.1. The number of aryl methyl sites for hydroxylation is 1. The molecule has 0 fully saturated rings. The Kier molecular flexibility index (Phi) is 4.85. The van der Waals surface area contributed by atoms with Gasteiger partial charge in [0.15, 0.2) is 5.75 Å². The van der Waals surface area contributed by atoms with Gasteiger partial charge in [0.1, 0.15) is 5.69 Å². The molecule has 2 aromatic heterocycles. The molecule has 6 heteroatoms. The molecule has 0 bridgehead atoms. The van der Waals surface area contributed by atoms with Crippen LogP contribution in [0.5, 0.6) is 5.75 Å². The van der Waals surface area contributed by atoms with E-state index in [1.165, 1.54) is 0 Å². The van der Waals surface area contributed by atoms with Gasteiger partial charge in [0.25, 0.3) is 0 Å².